The molecule has 1 fully saturated rings. The van der Waals surface area contributed by atoms with Crippen LogP contribution in [-0.4, -0.2) is 34.2 Å². The van der Waals surface area contributed by atoms with Crippen LogP contribution in [0.2, 0.25) is 0 Å². The molecular formula is C13H13N3O3. The average molecular weight is 259 g/mol. The topological polar surface area (TPSA) is 79.5 Å². The van der Waals surface area contributed by atoms with Crippen LogP contribution in [0, 0.1) is 17.0 Å². The molecule has 0 bridgehead atoms. The first kappa shape index (κ1) is 11.9. The summed E-state index contributed by atoms with van der Waals surface area (Å²) in [5.41, 5.74) is 2.06. The molecule has 0 amide bonds. The van der Waals surface area contributed by atoms with Crippen LogP contribution in [0.4, 0.5) is 11.4 Å². The Morgan fingerprint density at radius 1 is 1.47 bits per heavy atom. The third kappa shape index (κ3) is 1.90. The number of para-hydroxylation sites is 1. The Morgan fingerprint density at radius 2 is 2.21 bits per heavy atom. The third-order valence-electron chi connectivity index (χ3n) is 3.32. The summed E-state index contributed by atoms with van der Waals surface area (Å²) in [7, 11) is 0. The number of pyridine rings is 1. The van der Waals surface area contributed by atoms with Gasteiger partial charge in [-0.25, -0.2) is 4.98 Å². The van der Waals surface area contributed by atoms with Gasteiger partial charge in [0, 0.05) is 35.9 Å². The van der Waals surface area contributed by atoms with Crippen LogP contribution >= 0.6 is 0 Å². The quantitative estimate of drug-likeness (QED) is 0.655. The van der Waals surface area contributed by atoms with Crippen molar-refractivity contribution in [3.05, 3.63) is 40.1 Å². The lowest BCUT2D eigenvalue weighted by molar-refractivity contribution is -0.383. The molecule has 6 nitrogen and oxygen atoms in total. The van der Waals surface area contributed by atoms with E-state index >= 15 is 0 Å². The van der Waals surface area contributed by atoms with Gasteiger partial charge >= 0.3 is 0 Å². The molecule has 2 heterocycles. The number of nitro benzene ring substituents is 1. The predicted octanol–water partition coefficient (Wildman–Crippen LogP) is 1.63. The number of aliphatic hydroxyl groups is 1. The van der Waals surface area contributed by atoms with E-state index in [4.69, 9.17) is 0 Å². The van der Waals surface area contributed by atoms with Gasteiger partial charge in [-0.3, -0.25) is 10.1 Å². The second kappa shape index (κ2) is 4.17. The number of hydrogen-bond acceptors (Lipinski definition) is 5. The molecule has 1 aliphatic heterocycles. The largest absolute Gasteiger partial charge is 0.389 e. The molecule has 0 atom stereocenters. The lowest BCUT2D eigenvalue weighted by Gasteiger charge is -2.38. The van der Waals surface area contributed by atoms with E-state index in [9.17, 15) is 15.2 Å². The van der Waals surface area contributed by atoms with Crippen molar-refractivity contribution in [1.29, 1.82) is 0 Å². The van der Waals surface area contributed by atoms with Crippen molar-refractivity contribution in [3.8, 4) is 0 Å². The van der Waals surface area contributed by atoms with E-state index in [0.29, 0.717) is 18.6 Å². The molecule has 0 spiro atoms. The number of rotatable bonds is 2. The second-order valence-electron chi connectivity index (χ2n) is 4.77. The van der Waals surface area contributed by atoms with E-state index in [-0.39, 0.29) is 11.8 Å². The summed E-state index contributed by atoms with van der Waals surface area (Å²) < 4.78 is 0. The van der Waals surface area contributed by atoms with E-state index in [2.05, 4.69) is 4.98 Å². The second-order valence-corrected chi connectivity index (χ2v) is 4.77. The number of nitro groups is 1. The maximum Gasteiger partial charge on any atom is 0.295 e. The summed E-state index contributed by atoms with van der Waals surface area (Å²) in [5.74, 6) is 0. The monoisotopic (exact) mass is 259 g/mol. The van der Waals surface area contributed by atoms with Gasteiger partial charge in [0.05, 0.1) is 11.0 Å². The molecule has 3 rings (SSSR count). The number of fused-ring (bicyclic) bond motifs is 1. The van der Waals surface area contributed by atoms with Crippen molar-refractivity contribution >= 4 is 22.3 Å². The first-order valence-electron chi connectivity index (χ1n) is 6.04. The Kier molecular flexibility index (Phi) is 2.60. The Morgan fingerprint density at radius 3 is 2.84 bits per heavy atom. The minimum Gasteiger partial charge on any atom is -0.389 e. The van der Waals surface area contributed by atoms with Crippen LogP contribution in [-0.2, 0) is 0 Å². The van der Waals surface area contributed by atoms with Crippen LogP contribution in [0.5, 0.6) is 0 Å². The van der Waals surface area contributed by atoms with Gasteiger partial charge < -0.3 is 10.0 Å². The van der Waals surface area contributed by atoms with Gasteiger partial charge in [-0.1, -0.05) is 12.1 Å². The van der Waals surface area contributed by atoms with Crippen molar-refractivity contribution in [2.24, 2.45) is 0 Å². The first-order valence-corrected chi connectivity index (χ1v) is 6.04. The minimum absolute atomic E-state index is 0.0171. The maximum absolute atomic E-state index is 11.1. The molecule has 19 heavy (non-hydrogen) atoms. The average Bonchev–Trinajstić information content (AvgIpc) is 2.33. The zero-order valence-corrected chi connectivity index (χ0v) is 10.4. The van der Waals surface area contributed by atoms with Crippen molar-refractivity contribution in [3.63, 3.8) is 0 Å². The van der Waals surface area contributed by atoms with Crippen LogP contribution < -0.4 is 4.90 Å². The number of aromatic nitrogens is 1. The SMILES string of the molecule is Cc1cc(N2CC(O)C2)c2cccc([N+](=O)[O-])c2n1. The third-order valence-corrected chi connectivity index (χ3v) is 3.32. The molecule has 98 valence electrons. The minimum atomic E-state index is -0.413. The number of hydrogen-bond donors (Lipinski definition) is 1. The van der Waals surface area contributed by atoms with Crippen molar-refractivity contribution in [2.45, 2.75) is 13.0 Å². The summed E-state index contributed by atoms with van der Waals surface area (Å²) in [5, 5.41) is 21.2. The van der Waals surface area contributed by atoms with E-state index < -0.39 is 4.92 Å². The number of benzene rings is 1. The Bertz CT molecular complexity index is 665. The Balaban J connectivity index is 2.22. The van der Waals surface area contributed by atoms with Crippen LogP contribution in [0.3, 0.4) is 0 Å². The molecular weight excluding hydrogens is 246 g/mol. The van der Waals surface area contributed by atoms with Crippen molar-refractivity contribution < 1.29 is 10.0 Å². The van der Waals surface area contributed by atoms with E-state index in [1.54, 1.807) is 6.07 Å². The highest BCUT2D eigenvalue weighted by atomic mass is 16.6. The maximum atomic E-state index is 11.1. The van der Waals surface area contributed by atoms with Crippen molar-refractivity contribution in [1.82, 2.24) is 4.98 Å². The van der Waals surface area contributed by atoms with E-state index in [1.807, 2.05) is 24.0 Å². The van der Waals surface area contributed by atoms with Crippen LogP contribution in [0.25, 0.3) is 10.9 Å². The molecule has 1 N–H and O–H groups in total. The van der Waals surface area contributed by atoms with Gasteiger partial charge in [-0.15, -0.1) is 0 Å². The van der Waals surface area contributed by atoms with Crippen LogP contribution in [0.15, 0.2) is 24.3 Å². The zero-order valence-electron chi connectivity index (χ0n) is 10.4. The number of aliphatic hydroxyl groups excluding tert-OH is 1. The molecule has 6 heteroatoms. The molecule has 0 radical (unpaired) electrons. The summed E-state index contributed by atoms with van der Waals surface area (Å²) in [6, 6.07) is 6.85. The molecule has 2 aromatic rings. The molecule has 1 saturated heterocycles. The summed E-state index contributed by atoms with van der Waals surface area (Å²) in [6.45, 7) is 2.93. The number of non-ortho nitro benzene ring substituents is 1. The normalized spacial score (nSPS) is 15.6. The number of aryl methyl sites for hydroxylation is 1. The highest BCUT2D eigenvalue weighted by Crippen LogP contribution is 2.33. The molecule has 0 unspecified atom stereocenters. The van der Waals surface area contributed by atoms with E-state index in [0.717, 1.165) is 16.8 Å². The molecule has 1 aliphatic rings. The zero-order chi connectivity index (χ0) is 13.6. The summed E-state index contributed by atoms with van der Waals surface area (Å²) >= 11 is 0. The first-order chi connectivity index (χ1) is 9.06. The van der Waals surface area contributed by atoms with Gasteiger partial charge in [0.2, 0.25) is 0 Å². The number of β-amino-alcohol motifs (C(OH)–C–C–N with tert-alkyl or cyclic N) is 1. The molecule has 1 aromatic carbocycles. The lowest BCUT2D eigenvalue weighted by Crippen LogP contribution is -2.50. The fraction of sp³-hybridized carbons (Fsp3) is 0.308. The predicted molar refractivity (Wildman–Crippen MR) is 71.4 cm³/mol. The van der Waals surface area contributed by atoms with Crippen molar-refractivity contribution in [2.75, 3.05) is 18.0 Å². The highest BCUT2D eigenvalue weighted by molar-refractivity contribution is 5.97. The van der Waals surface area contributed by atoms with E-state index in [1.165, 1.54) is 6.07 Å². The number of anilines is 1. The summed E-state index contributed by atoms with van der Waals surface area (Å²) in [4.78, 5) is 16.9. The van der Waals surface area contributed by atoms with Gasteiger partial charge in [0.1, 0.15) is 0 Å². The van der Waals surface area contributed by atoms with Gasteiger partial charge in [-0.2, -0.15) is 0 Å². The molecule has 0 aliphatic carbocycles. The standard InChI is InChI=1S/C13H13N3O3/c1-8-5-12(15-6-9(17)7-15)10-3-2-4-11(16(18)19)13(10)14-8/h2-5,9,17H,6-7H2,1H3. The Hall–Kier alpha value is -2.21. The molecule has 0 saturated carbocycles. The smallest absolute Gasteiger partial charge is 0.295 e. The number of nitrogens with zero attached hydrogens (tertiary/aromatic N) is 3. The van der Waals surface area contributed by atoms with Crippen LogP contribution in [0.1, 0.15) is 5.69 Å². The van der Waals surface area contributed by atoms with Gasteiger partial charge in [0.25, 0.3) is 5.69 Å². The summed E-state index contributed by atoms with van der Waals surface area (Å²) in [6.07, 6.45) is -0.317. The molecule has 1 aromatic heterocycles. The lowest BCUT2D eigenvalue weighted by atomic mass is 10.1. The fourth-order valence-electron chi connectivity index (χ4n) is 2.40. The Labute approximate surface area is 109 Å². The van der Waals surface area contributed by atoms with Gasteiger partial charge in [-0.05, 0) is 13.0 Å². The van der Waals surface area contributed by atoms with Gasteiger partial charge in [0.15, 0.2) is 5.52 Å². The highest BCUT2D eigenvalue weighted by Gasteiger charge is 2.27. The fourth-order valence-corrected chi connectivity index (χ4v) is 2.40.